The standard InChI is InChI=1S/C15H15F2N5O/c1-20(2)22-7-6-13-18-12(8-21(13)9-22)15(23)19-11-5-3-4-10(16)14(11)17/h3-8H,9H2,1-2H3,(H,19,23). The van der Waals surface area contributed by atoms with Crippen LogP contribution < -0.4 is 5.32 Å². The Morgan fingerprint density at radius 1 is 1.35 bits per heavy atom. The van der Waals surface area contributed by atoms with Crippen molar-refractivity contribution < 1.29 is 13.6 Å². The van der Waals surface area contributed by atoms with Crippen LogP contribution in [0.2, 0.25) is 0 Å². The number of hydrogen-bond acceptors (Lipinski definition) is 4. The first-order chi connectivity index (χ1) is 11.0. The van der Waals surface area contributed by atoms with Gasteiger partial charge in [-0.05, 0) is 18.2 Å². The lowest BCUT2D eigenvalue weighted by Crippen LogP contribution is -2.35. The summed E-state index contributed by atoms with van der Waals surface area (Å²) in [6, 6.07) is 3.60. The summed E-state index contributed by atoms with van der Waals surface area (Å²) >= 11 is 0. The highest BCUT2D eigenvalue weighted by molar-refractivity contribution is 6.03. The zero-order valence-electron chi connectivity index (χ0n) is 12.6. The fourth-order valence-electron chi connectivity index (χ4n) is 2.19. The summed E-state index contributed by atoms with van der Waals surface area (Å²) in [7, 11) is 3.79. The normalized spacial score (nSPS) is 13.3. The van der Waals surface area contributed by atoms with E-state index in [4.69, 9.17) is 0 Å². The summed E-state index contributed by atoms with van der Waals surface area (Å²) < 4.78 is 28.6. The van der Waals surface area contributed by atoms with Crippen molar-refractivity contribution >= 4 is 17.7 Å². The maximum atomic E-state index is 13.6. The van der Waals surface area contributed by atoms with Gasteiger partial charge in [0.05, 0.1) is 5.69 Å². The van der Waals surface area contributed by atoms with Gasteiger partial charge in [0.2, 0.25) is 0 Å². The number of carbonyl (C=O) groups is 1. The van der Waals surface area contributed by atoms with E-state index < -0.39 is 17.5 Å². The van der Waals surface area contributed by atoms with Gasteiger partial charge >= 0.3 is 0 Å². The minimum Gasteiger partial charge on any atom is -0.318 e. The number of nitrogens with one attached hydrogen (secondary N) is 1. The number of anilines is 1. The predicted octanol–water partition coefficient (Wildman–Crippen LogP) is 2.13. The molecule has 0 aliphatic carbocycles. The van der Waals surface area contributed by atoms with E-state index >= 15 is 0 Å². The third-order valence-corrected chi connectivity index (χ3v) is 3.45. The molecule has 0 atom stereocenters. The van der Waals surface area contributed by atoms with E-state index in [2.05, 4.69) is 10.3 Å². The Bertz CT molecular complexity index is 784. The molecule has 0 radical (unpaired) electrons. The van der Waals surface area contributed by atoms with Crippen LogP contribution in [-0.2, 0) is 6.67 Å². The molecule has 23 heavy (non-hydrogen) atoms. The Hall–Kier alpha value is -2.74. The monoisotopic (exact) mass is 319 g/mol. The Kier molecular flexibility index (Phi) is 3.83. The quantitative estimate of drug-likeness (QED) is 0.942. The highest BCUT2D eigenvalue weighted by Crippen LogP contribution is 2.19. The molecule has 0 spiro atoms. The molecule has 0 fully saturated rings. The number of benzene rings is 1. The zero-order chi connectivity index (χ0) is 16.6. The van der Waals surface area contributed by atoms with Crippen LogP contribution in [0.15, 0.2) is 30.6 Å². The third kappa shape index (κ3) is 2.93. The Balaban J connectivity index is 1.80. The number of aromatic nitrogens is 2. The summed E-state index contributed by atoms with van der Waals surface area (Å²) in [5.41, 5.74) is -0.0830. The highest BCUT2D eigenvalue weighted by atomic mass is 19.2. The smallest absolute Gasteiger partial charge is 0.275 e. The lowest BCUT2D eigenvalue weighted by molar-refractivity contribution is 0.0466. The molecule has 1 aromatic carbocycles. The van der Waals surface area contributed by atoms with Crippen molar-refractivity contribution in [2.24, 2.45) is 0 Å². The molecule has 1 aliphatic rings. The second kappa shape index (κ2) is 5.81. The van der Waals surface area contributed by atoms with Gasteiger partial charge in [-0.3, -0.25) is 9.80 Å². The molecule has 2 heterocycles. The van der Waals surface area contributed by atoms with Gasteiger partial charge in [0.1, 0.15) is 18.2 Å². The Morgan fingerprint density at radius 2 is 2.13 bits per heavy atom. The van der Waals surface area contributed by atoms with Crippen molar-refractivity contribution in [2.75, 3.05) is 19.4 Å². The average molecular weight is 319 g/mol. The summed E-state index contributed by atoms with van der Waals surface area (Å²) in [6.07, 6.45) is 5.18. The minimum atomic E-state index is -1.09. The fourth-order valence-corrected chi connectivity index (χ4v) is 2.19. The van der Waals surface area contributed by atoms with Crippen LogP contribution in [0, 0.1) is 11.6 Å². The molecule has 0 bridgehead atoms. The molecule has 0 unspecified atom stereocenters. The third-order valence-electron chi connectivity index (χ3n) is 3.45. The molecule has 1 amide bonds. The van der Waals surface area contributed by atoms with E-state index in [1.807, 2.05) is 30.3 Å². The predicted molar refractivity (Wildman–Crippen MR) is 81.1 cm³/mol. The number of hydrazine groups is 1. The van der Waals surface area contributed by atoms with Crippen LogP contribution >= 0.6 is 0 Å². The van der Waals surface area contributed by atoms with Gasteiger partial charge in [-0.1, -0.05) is 6.07 Å². The van der Waals surface area contributed by atoms with Crippen LogP contribution in [0.3, 0.4) is 0 Å². The van der Waals surface area contributed by atoms with Crippen molar-refractivity contribution in [2.45, 2.75) is 6.67 Å². The SMILES string of the molecule is CN(C)N1C=Cc2nc(C(=O)Nc3cccc(F)c3F)cn2C1. The molecule has 0 saturated carbocycles. The maximum Gasteiger partial charge on any atom is 0.275 e. The number of halogens is 2. The first-order valence-electron chi connectivity index (χ1n) is 6.90. The summed E-state index contributed by atoms with van der Waals surface area (Å²) in [5, 5.41) is 6.14. The van der Waals surface area contributed by atoms with Gasteiger partial charge in [0.15, 0.2) is 11.6 Å². The number of imidazole rings is 1. The van der Waals surface area contributed by atoms with E-state index in [9.17, 15) is 13.6 Å². The van der Waals surface area contributed by atoms with Gasteiger partial charge in [-0.25, -0.2) is 18.8 Å². The average Bonchev–Trinajstić information content (AvgIpc) is 2.95. The summed E-state index contributed by atoms with van der Waals surface area (Å²) in [4.78, 5) is 16.4. The van der Waals surface area contributed by atoms with Crippen LogP contribution in [0.25, 0.3) is 6.08 Å². The Labute approximate surface area is 131 Å². The number of carbonyl (C=O) groups excluding carboxylic acids is 1. The fraction of sp³-hybridized carbons (Fsp3) is 0.200. The number of hydrogen-bond donors (Lipinski definition) is 1. The summed E-state index contributed by atoms with van der Waals surface area (Å²) in [6.45, 7) is 0.507. The zero-order valence-corrected chi connectivity index (χ0v) is 12.6. The topological polar surface area (TPSA) is 53.4 Å². The van der Waals surface area contributed by atoms with Crippen LogP contribution in [0.4, 0.5) is 14.5 Å². The largest absolute Gasteiger partial charge is 0.318 e. The molecule has 6 nitrogen and oxygen atoms in total. The summed E-state index contributed by atoms with van der Waals surface area (Å²) in [5.74, 6) is -2.09. The molecule has 120 valence electrons. The number of amides is 1. The first kappa shape index (κ1) is 15.2. The number of fused-ring (bicyclic) bond motifs is 1. The molecular weight excluding hydrogens is 304 g/mol. The second-order valence-corrected chi connectivity index (χ2v) is 5.25. The molecule has 8 heteroatoms. The molecule has 1 aliphatic heterocycles. The molecule has 0 saturated heterocycles. The first-order valence-corrected chi connectivity index (χ1v) is 6.90. The van der Waals surface area contributed by atoms with Gasteiger partial charge in [0, 0.05) is 26.5 Å². The van der Waals surface area contributed by atoms with Crippen molar-refractivity contribution in [3.63, 3.8) is 0 Å². The van der Waals surface area contributed by atoms with Crippen molar-refractivity contribution in [1.29, 1.82) is 0 Å². The van der Waals surface area contributed by atoms with Crippen molar-refractivity contribution in [3.8, 4) is 0 Å². The lowest BCUT2D eigenvalue weighted by Gasteiger charge is -2.30. The van der Waals surface area contributed by atoms with Gasteiger partial charge < -0.3 is 9.88 Å². The Morgan fingerprint density at radius 3 is 2.87 bits per heavy atom. The van der Waals surface area contributed by atoms with E-state index in [0.717, 1.165) is 6.07 Å². The maximum absolute atomic E-state index is 13.6. The number of nitrogens with zero attached hydrogens (tertiary/aromatic N) is 4. The lowest BCUT2D eigenvalue weighted by atomic mass is 10.3. The van der Waals surface area contributed by atoms with Gasteiger partial charge in [-0.2, -0.15) is 0 Å². The second-order valence-electron chi connectivity index (χ2n) is 5.25. The van der Waals surface area contributed by atoms with E-state index in [-0.39, 0.29) is 11.4 Å². The van der Waals surface area contributed by atoms with E-state index in [1.54, 1.807) is 16.8 Å². The highest BCUT2D eigenvalue weighted by Gasteiger charge is 2.19. The van der Waals surface area contributed by atoms with Crippen LogP contribution in [-0.4, -0.2) is 39.6 Å². The van der Waals surface area contributed by atoms with Crippen molar-refractivity contribution in [3.05, 3.63) is 53.7 Å². The van der Waals surface area contributed by atoms with Crippen LogP contribution in [0.1, 0.15) is 16.3 Å². The molecule has 3 rings (SSSR count). The van der Waals surface area contributed by atoms with Crippen LogP contribution in [0.5, 0.6) is 0 Å². The molecule has 1 N–H and O–H groups in total. The molecule has 2 aromatic rings. The molecular formula is C15H15F2N5O. The van der Waals surface area contributed by atoms with E-state index in [1.165, 1.54) is 12.1 Å². The minimum absolute atomic E-state index is 0.133. The van der Waals surface area contributed by atoms with Crippen molar-refractivity contribution in [1.82, 2.24) is 19.6 Å². The van der Waals surface area contributed by atoms with Gasteiger partial charge in [0.25, 0.3) is 5.91 Å². The van der Waals surface area contributed by atoms with E-state index in [0.29, 0.717) is 12.5 Å². The van der Waals surface area contributed by atoms with Gasteiger partial charge in [-0.15, -0.1) is 0 Å². The molecule has 1 aromatic heterocycles. The number of rotatable bonds is 3.